The van der Waals surface area contributed by atoms with Gasteiger partial charge in [-0.2, -0.15) is 0 Å². The van der Waals surface area contributed by atoms with Gasteiger partial charge in [-0.1, -0.05) is 25.4 Å². The first-order valence-corrected chi connectivity index (χ1v) is 6.18. The van der Waals surface area contributed by atoms with Gasteiger partial charge in [0, 0.05) is 24.0 Å². The molecule has 3 nitrogen and oxygen atoms in total. The van der Waals surface area contributed by atoms with Gasteiger partial charge < -0.3 is 5.32 Å². The zero-order chi connectivity index (χ0) is 13.1. The quantitative estimate of drug-likeness (QED) is 0.915. The second-order valence-corrected chi connectivity index (χ2v) is 4.93. The highest BCUT2D eigenvalue weighted by Gasteiger charge is 2.09. The van der Waals surface area contributed by atoms with Crippen molar-refractivity contribution in [2.75, 3.05) is 11.9 Å². The van der Waals surface area contributed by atoms with E-state index in [1.165, 1.54) is 6.07 Å². The van der Waals surface area contributed by atoms with Crippen LogP contribution in [-0.4, -0.2) is 16.1 Å². The van der Waals surface area contributed by atoms with Gasteiger partial charge in [0.25, 0.3) is 0 Å². The standard InChI is InChI=1S/C13H15ClFN3/c1-9(2)8-17-13-16-5-6-18(13)12-4-3-10(14)7-11(12)15/h3-7,9H,8H2,1-2H3,(H,16,17). The molecular weight excluding hydrogens is 253 g/mol. The third-order valence-electron chi connectivity index (χ3n) is 2.48. The SMILES string of the molecule is CC(C)CNc1nccn1-c1ccc(Cl)cc1F. The molecule has 5 heteroatoms. The van der Waals surface area contributed by atoms with Crippen LogP contribution in [0.3, 0.4) is 0 Å². The van der Waals surface area contributed by atoms with E-state index in [0.29, 0.717) is 22.6 Å². The van der Waals surface area contributed by atoms with E-state index in [-0.39, 0.29) is 5.82 Å². The van der Waals surface area contributed by atoms with Crippen LogP contribution in [0.4, 0.5) is 10.3 Å². The molecule has 0 aliphatic carbocycles. The van der Waals surface area contributed by atoms with Crippen molar-refractivity contribution < 1.29 is 4.39 Å². The number of halogens is 2. The normalized spacial score (nSPS) is 10.9. The zero-order valence-electron chi connectivity index (χ0n) is 10.3. The Bertz CT molecular complexity index is 537. The molecule has 2 rings (SSSR count). The summed E-state index contributed by atoms with van der Waals surface area (Å²) in [4.78, 5) is 4.18. The van der Waals surface area contributed by atoms with Crippen molar-refractivity contribution in [1.82, 2.24) is 9.55 Å². The molecule has 0 fully saturated rings. The topological polar surface area (TPSA) is 29.9 Å². The Morgan fingerprint density at radius 2 is 2.22 bits per heavy atom. The number of anilines is 1. The zero-order valence-corrected chi connectivity index (χ0v) is 11.1. The fourth-order valence-electron chi connectivity index (χ4n) is 1.60. The van der Waals surface area contributed by atoms with E-state index in [0.717, 1.165) is 6.54 Å². The average molecular weight is 268 g/mol. The van der Waals surface area contributed by atoms with Crippen molar-refractivity contribution in [2.45, 2.75) is 13.8 Å². The lowest BCUT2D eigenvalue weighted by atomic mass is 10.2. The molecule has 0 aliphatic heterocycles. The van der Waals surface area contributed by atoms with Crippen LogP contribution in [0.1, 0.15) is 13.8 Å². The Morgan fingerprint density at radius 1 is 1.44 bits per heavy atom. The Balaban J connectivity index is 2.30. The van der Waals surface area contributed by atoms with E-state index >= 15 is 0 Å². The molecule has 18 heavy (non-hydrogen) atoms. The summed E-state index contributed by atoms with van der Waals surface area (Å²) in [6, 6.07) is 4.59. The van der Waals surface area contributed by atoms with Gasteiger partial charge in [0.1, 0.15) is 5.82 Å². The summed E-state index contributed by atoms with van der Waals surface area (Å²) in [6.07, 6.45) is 3.35. The average Bonchev–Trinajstić information content (AvgIpc) is 2.74. The molecule has 0 radical (unpaired) electrons. The number of nitrogens with zero attached hydrogens (tertiary/aromatic N) is 2. The summed E-state index contributed by atoms with van der Waals surface area (Å²) in [7, 11) is 0. The van der Waals surface area contributed by atoms with Crippen LogP contribution in [0, 0.1) is 11.7 Å². The Kier molecular flexibility index (Phi) is 3.87. The van der Waals surface area contributed by atoms with Crippen LogP contribution in [0.2, 0.25) is 5.02 Å². The molecule has 0 bridgehead atoms. The van der Waals surface area contributed by atoms with Crippen LogP contribution in [-0.2, 0) is 0 Å². The first-order valence-electron chi connectivity index (χ1n) is 5.80. The van der Waals surface area contributed by atoms with Crippen LogP contribution < -0.4 is 5.32 Å². The second-order valence-electron chi connectivity index (χ2n) is 4.49. The number of rotatable bonds is 4. The molecule has 1 aromatic heterocycles. The molecule has 0 spiro atoms. The van der Waals surface area contributed by atoms with E-state index in [4.69, 9.17) is 11.6 Å². The molecular formula is C13H15ClFN3. The minimum Gasteiger partial charge on any atom is -0.355 e. The summed E-state index contributed by atoms with van der Waals surface area (Å²) >= 11 is 5.74. The van der Waals surface area contributed by atoms with Crippen molar-refractivity contribution in [3.63, 3.8) is 0 Å². The van der Waals surface area contributed by atoms with Gasteiger partial charge >= 0.3 is 0 Å². The van der Waals surface area contributed by atoms with E-state index < -0.39 is 0 Å². The van der Waals surface area contributed by atoms with Crippen molar-refractivity contribution in [3.05, 3.63) is 41.4 Å². The van der Waals surface area contributed by atoms with E-state index in [9.17, 15) is 4.39 Å². The maximum atomic E-state index is 13.8. The number of hydrogen-bond donors (Lipinski definition) is 1. The Labute approximate surface area is 111 Å². The highest BCUT2D eigenvalue weighted by Crippen LogP contribution is 2.21. The van der Waals surface area contributed by atoms with Gasteiger partial charge in [-0.25, -0.2) is 9.37 Å². The molecule has 0 aliphatic rings. The van der Waals surface area contributed by atoms with Crippen molar-refractivity contribution in [2.24, 2.45) is 5.92 Å². The molecule has 0 saturated heterocycles. The van der Waals surface area contributed by atoms with Crippen LogP contribution in [0.15, 0.2) is 30.6 Å². The third-order valence-corrected chi connectivity index (χ3v) is 2.71. The molecule has 1 aromatic carbocycles. The molecule has 1 heterocycles. The maximum Gasteiger partial charge on any atom is 0.207 e. The summed E-state index contributed by atoms with van der Waals surface area (Å²) in [5.74, 6) is 0.753. The lowest BCUT2D eigenvalue weighted by molar-refractivity contribution is 0.617. The predicted molar refractivity (Wildman–Crippen MR) is 71.9 cm³/mol. The lowest BCUT2D eigenvalue weighted by Gasteiger charge is -2.12. The van der Waals surface area contributed by atoms with Crippen LogP contribution >= 0.6 is 11.6 Å². The molecule has 2 aromatic rings. The number of imidazole rings is 1. The smallest absolute Gasteiger partial charge is 0.207 e. The molecule has 0 unspecified atom stereocenters. The summed E-state index contributed by atoms with van der Waals surface area (Å²) in [6.45, 7) is 4.98. The first kappa shape index (κ1) is 12.9. The third kappa shape index (κ3) is 2.82. The Morgan fingerprint density at radius 3 is 2.89 bits per heavy atom. The summed E-state index contributed by atoms with van der Waals surface area (Å²) < 4.78 is 15.5. The van der Waals surface area contributed by atoms with E-state index in [2.05, 4.69) is 24.1 Å². The molecule has 1 N–H and O–H groups in total. The lowest BCUT2D eigenvalue weighted by Crippen LogP contribution is -2.12. The molecule has 0 saturated carbocycles. The minimum absolute atomic E-state index is 0.368. The largest absolute Gasteiger partial charge is 0.355 e. The fraction of sp³-hybridized carbons (Fsp3) is 0.308. The number of hydrogen-bond acceptors (Lipinski definition) is 2. The van der Waals surface area contributed by atoms with Gasteiger partial charge in [-0.3, -0.25) is 4.57 Å². The van der Waals surface area contributed by atoms with Gasteiger partial charge in [-0.15, -0.1) is 0 Å². The van der Waals surface area contributed by atoms with E-state index in [1.54, 1.807) is 29.1 Å². The minimum atomic E-state index is -0.368. The van der Waals surface area contributed by atoms with Crippen LogP contribution in [0.5, 0.6) is 0 Å². The second kappa shape index (κ2) is 5.40. The summed E-state index contributed by atoms with van der Waals surface area (Å²) in [5, 5.41) is 3.57. The number of benzene rings is 1. The fourth-order valence-corrected chi connectivity index (χ4v) is 1.76. The van der Waals surface area contributed by atoms with Gasteiger partial charge in [0.2, 0.25) is 5.95 Å². The number of nitrogens with one attached hydrogen (secondary N) is 1. The van der Waals surface area contributed by atoms with Gasteiger partial charge in [0.05, 0.1) is 5.69 Å². The van der Waals surface area contributed by atoms with E-state index in [1.807, 2.05) is 0 Å². The van der Waals surface area contributed by atoms with Crippen molar-refractivity contribution >= 4 is 17.5 Å². The highest BCUT2D eigenvalue weighted by atomic mass is 35.5. The predicted octanol–water partition coefficient (Wildman–Crippen LogP) is 3.73. The van der Waals surface area contributed by atoms with Gasteiger partial charge in [0.15, 0.2) is 0 Å². The Hall–Kier alpha value is -1.55. The monoisotopic (exact) mass is 267 g/mol. The molecule has 0 atom stereocenters. The van der Waals surface area contributed by atoms with Crippen LogP contribution in [0.25, 0.3) is 5.69 Å². The van der Waals surface area contributed by atoms with Crippen molar-refractivity contribution in [3.8, 4) is 5.69 Å². The first-order chi connectivity index (χ1) is 8.58. The highest BCUT2D eigenvalue weighted by molar-refractivity contribution is 6.30. The maximum absolute atomic E-state index is 13.8. The summed E-state index contributed by atoms with van der Waals surface area (Å²) in [5.41, 5.74) is 0.433. The molecule has 96 valence electrons. The number of aromatic nitrogens is 2. The van der Waals surface area contributed by atoms with Crippen molar-refractivity contribution in [1.29, 1.82) is 0 Å². The van der Waals surface area contributed by atoms with Gasteiger partial charge in [-0.05, 0) is 24.1 Å². The molecule has 0 amide bonds.